The fourth-order valence-corrected chi connectivity index (χ4v) is 5.03. The number of rotatable bonds is 7. The number of benzene rings is 1. The molecule has 9 heteroatoms. The van der Waals surface area contributed by atoms with Crippen molar-refractivity contribution in [1.82, 2.24) is 4.98 Å². The van der Waals surface area contributed by atoms with E-state index in [1.807, 2.05) is 18.7 Å². The maximum absolute atomic E-state index is 14.7. The molecule has 1 aliphatic heterocycles. The van der Waals surface area contributed by atoms with Gasteiger partial charge in [-0.1, -0.05) is 18.5 Å². The number of hydrogen-bond acceptors (Lipinski definition) is 6. The van der Waals surface area contributed by atoms with Crippen molar-refractivity contribution in [2.24, 2.45) is 11.8 Å². The van der Waals surface area contributed by atoms with Gasteiger partial charge in [0.25, 0.3) is 11.9 Å². The fraction of sp³-hybridized carbons (Fsp3) is 0.565. The van der Waals surface area contributed by atoms with Crippen LogP contribution in [0.25, 0.3) is 0 Å². The first-order valence-electron chi connectivity index (χ1n) is 11.1. The van der Waals surface area contributed by atoms with Crippen LogP contribution in [0.2, 0.25) is 5.02 Å². The Kier molecular flexibility index (Phi) is 5.33. The monoisotopic (exact) mass is 463 g/mol. The molecule has 1 aromatic heterocycles. The number of methoxy groups -OCH3 is 1. The molecule has 1 amide bonds. The summed E-state index contributed by atoms with van der Waals surface area (Å²) in [5.41, 5.74) is 0.164. The number of nitrogens with one attached hydrogen (secondary N) is 1. The van der Waals surface area contributed by atoms with Gasteiger partial charge in [-0.05, 0) is 44.1 Å². The number of amides is 1. The predicted molar refractivity (Wildman–Crippen MR) is 118 cm³/mol. The zero-order valence-corrected chi connectivity index (χ0v) is 19.2. The lowest BCUT2D eigenvalue weighted by molar-refractivity contribution is -0.0191. The Morgan fingerprint density at radius 2 is 2.06 bits per heavy atom. The molecule has 7 nitrogen and oxygen atoms in total. The van der Waals surface area contributed by atoms with Crippen molar-refractivity contribution in [3.05, 3.63) is 34.4 Å². The maximum Gasteiger partial charge on any atom is 0.298 e. The van der Waals surface area contributed by atoms with E-state index in [-0.39, 0.29) is 33.9 Å². The second kappa shape index (κ2) is 7.92. The molecule has 3 aliphatic rings. The quantitative estimate of drug-likeness (QED) is 0.642. The van der Waals surface area contributed by atoms with Gasteiger partial charge < -0.3 is 24.1 Å². The zero-order valence-electron chi connectivity index (χ0n) is 18.4. The molecule has 2 unspecified atom stereocenters. The van der Waals surface area contributed by atoms with Crippen LogP contribution in [0.15, 0.2) is 16.5 Å². The maximum atomic E-state index is 14.7. The summed E-state index contributed by atoms with van der Waals surface area (Å²) in [6.45, 7) is 5.13. The molecule has 172 valence electrons. The number of anilines is 2. The summed E-state index contributed by atoms with van der Waals surface area (Å²) >= 11 is 6.29. The molecule has 0 bridgehead atoms. The SMILES string of the molecule is CCc1oc(N2CC(C)(OC)C2)nc1C(=O)Nc1cc(F)c(OC2CC3C[C@H]3C2)c(Cl)c1. The fourth-order valence-electron chi connectivity index (χ4n) is 4.77. The van der Waals surface area contributed by atoms with Crippen LogP contribution in [0.1, 0.15) is 49.4 Å². The number of fused-ring (bicyclic) bond motifs is 1. The Morgan fingerprint density at radius 3 is 2.69 bits per heavy atom. The Balaban J connectivity index is 1.28. The van der Waals surface area contributed by atoms with E-state index in [4.69, 9.17) is 25.5 Å². The number of nitrogens with zero attached hydrogens (tertiary/aromatic N) is 2. The molecule has 2 aliphatic carbocycles. The number of ether oxygens (including phenoxy) is 2. The van der Waals surface area contributed by atoms with E-state index in [2.05, 4.69) is 10.3 Å². The van der Waals surface area contributed by atoms with E-state index in [0.29, 0.717) is 31.3 Å². The van der Waals surface area contributed by atoms with Crippen molar-refractivity contribution < 1.29 is 23.1 Å². The van der Waals surface area contributed by atoms with Gasteiger partial charge in [-0.15, -0.1) is 0 Å². The first-order valence-corrected chi connectivity index (χ1v) is 11.4. The number of carbonyl (C=O) groups is 1. The molecule has 3 atom stereocenters. The van der Waals surface area contributed by atoms with Gasteiger partial charge in [-0.25, -0.2) is 4.39 Å². The van der Waals surface area contributed by atoms with Crippen LogP contribution in [0, 0.1) is 17.7 Å². The average molecular weight is 464 g/mol. The minimum atomic E-state index is -0.593. The van der Waals surface area contributed by atoms with Crippen molar-refractivity contribution >= 4 is 29.2 Å². The van der Waals surface area contributed by atoms with Crippen molar-refractivity contribution in [3.63, 3.8) is 0 Å². The van der Waals surface area contributed by atoms with Crippen molar-refractivity contribution in [2.75, 3.05) is 30.4 Å². The topological polar surface area (TPSA) is 76.8 Å². The summed E-state index contributed by atoms with van der Waals surface area (Å²) < 4.78 is 31.8. The summed E-state index contributed by atoms with van der Waals surface area (Å²) in [4.78, 5) is 19.2. The van der Waals surface area contributed by atoms with Gasteiger partial charge in [0.2, 0.25) is 0 Å². The minimum Gasteiger partial charge on any atom is -0.486 e. The highest BCUT2D eigenvalue weighted by molar-refractivity contribution is 6.32. The van der Waals surface area contributed by atoms with Gasteiger partial charge in [-0.2, -0.15) is 4.98 Å². The highest BCUT2D eigenvalue weighted by Gasteiger charge is 2.47. The second-order valence-corrected chi connectivity index (χ2v) is 9.73. The van der Waals surface area contributed by atoms with Crippen molar-refractivity contribution in [3.8, 4) is 5.75 Å². The minimum absolute atomic E-state index is 0.00771. The molecule has 1 N–H and O–H groups in total. The summed E-state index contributed by atoms with van der Waals surface area (Å²) in [6, 6.07) is 3.10. The van der Waals surface area contributed by atoms with E-state index < -0.39 is 11.7 Å². The number of aromatic nitrogens is 1. The third-order valence-corrected chi connectivity index (χ3v) is 7.06. The van der Waals surface area contributed by atoms with E-state index in [0.717, 1.165) is 24.7 Å². The molecule has 2 heterocycles. The molecule has 3 fully saturated rings. The third-order valence-electron chi connectivity index (χ3n) is 6.78. The Hall–Kier alpha value is -2.32. The van der Waals surface area contributed by atoms with E-state index in [1.54, 1.807) is 7.11 Å². The van der Waals surface area contributed by atoms with E-state index in [1.165, 1.54) is 18.6 Å². The number of halogens is 2. The Morgan fingerprint density at radius 1 is 1.34 bits per heavy atom. The smallest absolute Gasteiger partial charge is 0.298 e. The molecular weight excluding hydrogens is 437 g/mol. The van der Waals surface area contributed by atoms with Crippen molar-refractivity contribution in [2.45, 2.75) is 51.2 Å². The summed E-state index contributed by atoms with van der Waals surface area (Å²) in [7, 11) is 1.67. The third kappa shape index (κ3) is 3.94. The van der Waals surface area contributed by atoms with Gasteiger partial charge in [-0.3, -0.25) is 4.79 Å². The molecule has 2 saturated carbocycles. The molecular formula is C23H27ClFN3O4. The summed E-state index contributed by atoms with van der Waals surface area (Å²) in [6.07, 6.45) is 3.67. The molecule has 1 aromatic carbocycles. The molecule has 0 spiro atoms. The lowest BCUT2D eigenvalue weighted by atomic mass is 9.97. The largest absolute Gasteiger partial charge is 0.486 e. The number of oxazole rings is 1. The number of carbonyl (C=O) groups excluding carboxylic acids is 1. The number of aryl methyl sites for hydroxylation is 1. The summed E-state index contributed by atoms with van der Waals surface area (Å²) in [5, 5.41) is 2.82. The normalized spacial score (nSPS) is 25.3. The second-order valence-electron chi connectivity index (χ2n) is 9.32. The highest BCUT2D eigenvalue weighted by atomic mass is 35.5. The van der Waals surface area contributed by atoms with Crippen LogP contribution in [-0.4, -0.2) is 42.8 Å². The molecule has 32 heavy (non-hydrogen) atoms. The zero-order chi connectivity index (χ0) is 22.6. The Labute approximate surface area is 191 Å². The van der Waals surface area contributed by atoms with Gasteiger partial charge in [0.1, 0.15) is 11.4 Å². The lowest BCUT2D eigenvalue weighted by Crippen LogP contribution is -2.61. The van der Waals surface area contributed by atoms with E-state index >= 15 is 0 Å². The van der Waals surface area contributed by atoms with Crippen LogP contribution in [0.3, 0.4) is 0 Å². The van der Waals surface area contributed by atoms with Gasteiger partial charge in [0.15, 0.2) is 17.3 Å². The van der Waals surface area contributed by atoms with Crippen LogP contribution in [-0.2, 0) is 11.2 Å². The van der Waals surface area contributed by atoms with Gasteiger partial charge in [0.05, 0.1) is 24.2 Å². The van der Waals surface area contributed by atoms with Crippen LogP contribution >= 0.6 is 11.6 Å². The molecule has 5 rings (SSSR count). The van der Waals surface area contributed by atoms with Crippen LogP contribution < -0.4 is 15.0 Å². The van der Waals surface area contributed by atoms with Gasteiger partial charge >= 0.3 is 0 Å². The predicted octanol–water partition coefficient (Wildman–Crippen LogP) is 4.68. The first kappa shape index (κ1) is 21.5. The Bertz CT molecular complexity index is 1020. The van der Waals surface area contributed by atoms with Crippen molar-refractivity contribution in [1.29, 1.82) is 0 Å². The van der Waals surface area contributed by atoms with E-state index in [9.17, 15) is 9.18 Å². The summed E-state index contributed by atoms with van der Waals surface area (Å²) in [5.74, 6) is 0.888. The lowest BCUT2D eigenvalue weighted by Gasteiger charge is -2.45. The molecule has 1 saturated heterocycles. The van der Waals surface area contributed by atoms with Gasteiger partial charge in [0, 0.05) is 25.3 Å². The van der Waals surface area contributed by atoms with Crippen LogP contribution in [0.4, 0.5) is 16.1 Å². The number of hydrogen-bond donors (Lipinski definition) is 1. The van der Waals surface area contributed by atoms with Crippen LogP contribution in [0.5, 0.6) is 5.75 Å². The molecule has 2 aromatic rings. The standard InChI is InChI=1S/C23H27ClFN3O4/c1-4-18-19(27-22(32-18)28-10-23(2,11-28)30-3)21(29)26-14-8-16(24)20(17(25)9-14)31-15-6-12-5-13(12)7-15/h8-9,12-13,15H,4-7,10-11H2,1-3H3,(H,26,29)/t12-,13?,15?/m0/s1. The first-order chi connectivity index (χ1) is 15.3. The molecule has 0 radical (unpaired) electrons. The average Bonchev–Trinajstić information content (AvgIpc) is 3.15. The highest BCUT2D eigenvalue weighted by Crippen LogP contribution is 2.53.